The molecule has 0 spiro atoms. The molecule has 0 aliphatic rings. The second-order valence-corrected chi connectivity index (χ2v) is 5.58. The molecule has 25 heavy (non-hydrogen) atoms. The molecule has 2 unspecified atom stereocenters. The standard InChI is InChI=1S/C17H21N5O3/c1-3-4-10-14(17(24)25)18-16(23)15(22-12(2)19-20-21-22)11-13-8-6-5-7-9-13/h3-9,14-15H,10-11H2,1-2H3,(H,18,23)(H,24,25)/b4-3+. The van der Waals surface area contributed by atoms with Crippen LogP contribution in [0.4, 0.5) is 0 Å². The van der Waals surface area contributed by atoms with Gasteiger partial charge in [-0.3, -0.25) is 4.79 Å². The lowest BCUT2D eigenvalue weighted by Gasteiger charge is -2.20. The van der Waals surface area contributed by atoms with E-state index in [2.05, 4.69) is 20.8 Å². The summed E-state index contributed by atoms with van der Waals surface area (Å²) in [5.74, 6) is -1.04. The van der Waals surface area contributed by atoms with Gasteiger partial charge in [-0.25, -0.2) is 9.48 Å². The zero-order valence-electron chi connectivity index (χ0n) is 14.2. The average molecular weight is 343 g/mol. The number of tetrazole rings is 1. The third kappa shape index (κ3) is 4.97. The molecule has 0 saturated heterocycles. The number of aryl methyl sites for hydroxylation is 1. The summed E-state index contributed by atoms with van der Waals surface area (Å²) >= 11 is 0. The summed E-state index contributed by atoms with van der Waals surface area (Å²) in [5.41, 5.74) is 0.929. The number of carboxylic acids is 1. The molecule has 2 atom stereocenters. The van der Waals surface area contributed by atoms with Crippen LogP contribution in [0.3, 0.4) is 0 Å². The van der Waals surface area contributed by atoms with Crippen LogP contribution >= 0.6 is 0 Å². The molecule has 0 saturated carbocycles. The largest absolute Gasteiger partial charge is 0.480 e. The number of aromatic nitrogens is 4. The highest BCUT2D eigenvalue weighted by Crippen LogP contribution is 2.15. The number of allylic oxidation sites excluding steroid dienone is 1. The summed E-state index contributed by atoms with van der Waals surface area (Å²) in [6.07, 6.45) is 4.02. The number of hydrogen-bond acceptors (Lipinski definition) is 5. The summed E-state index contributed by atoms with van der Waals surface area (Å²) in [6.45, 7) is 3.49. The Bertz CT molecular complexity index is 742. The lowest BCUT2D eigenvalue weighted by Crippen LogP contribution is -2.44. The van der Waals surface area contributed by atoms with Crippen LogP contribution < -0.4 is 5.32 Å². The zero-order chi connectivity index (χ0) is 18.2. The molecule has 1 amide bonds. The molecule has 132 valence electrons. The van der Waals surface area contributed by atoms with E-state index in [1.165, 1.54) is 4.68 Å². The molecule has 2 N–H and O–H groups in total. The van der Waals surface area contributed by atoms with Gasteiger partial charge in [0.05, 0.1) is 0 Å². The maximum absolute atomic E-state index is 12.8. The molecule has 0 fully saturated rings. The molecule has 0 aliphatic carbocycles. The number of amides is 1. The Morgan fingerprint density at radius 1 is 1.32 bits per heavy atom. The van der Waals surface area contributed by atoms with E-state index >= 15 is 0 Å². The van der Waals surface area contributed by atoms with Crippen molar-refractivity contribution in [1.82, 2.24) is 25.5 Å². The maximum Gasteiger partial charge on any atom is 0.326 e. The number of carboxylic acid groups (broad SMARTS) is 1. The smallest absolute Gasteiger partial charge is 0.326 e. The fourth-order valence-electron chi connectivity index (χ4n) is 2.42. The van der Waals surface area contributed by atoms with E-state index in [1.54, 1.807) is 26.0 Å². The predicted octanol–water partition coefficient (Wildman–Crippen LogP) is 1.30. The second-order valence-electron chi connectivity index (χ2n) is 5.58. The lowest BCUT2D eigenvalue weighted by atomic mass is 10.0. The van der Waals surface area contributed by atoms with E-state index in [1.807, 2.05) is 30.3 Å². The van der Waals surface area contributed by atoms with Gasteiger partial charge in [-0.15, -0.1) is 5.10 Å². The average Bonchev–Trinajstić information content (AvgIpc) is 3.02. The predicted molar refractivity (Wildman–Crippen MR) is 90.7 cm³/mol. The SMILES string of the molecule is C/C=C/CC(NC(=O)C(Cc1ccccc1)n1nnnc1C)C(=O)O. The van der Waals surface area contributed by atoms with Gasteiger partial charge in [0.2, 0.25) is 5.91 Å². The van der Waals surface area contributed by atoms with Crippen LogP contribution in [0.15, 0.2) is 42.5 Å². The monoisotopic (exact) mass is 343 g/mol. The first-order valence-electron chi connectivity index (χ1n) is 7.95. The Balaban J connectivity index is 2.23. The van der Waals surface area contributed by atoms with Crippen molar-refractivity contribution in [3.63, 3.8) is 0 Å². The minimum absolute atomic E-state index is 0.213. The van der Waals surface area contributed by atoms with Crippen LogP contribution in [-0.2, 0) is 16.0 Å². The summed E-state index contributed by atoms with van der Waals surface area (Å²) in [5, 5.41) is 23.2. The Hall–Kier alpha value is -3.03. The van der Waals surface area contributed by atoms with Crippen molar-refractivity contribution >= 4 is 11.9 Å². The van der Waals surface area contributed by atoms with Crippen LogP contribution in [0.25, 0.3) is 0 Å². The first kappa shape index (κ1) is 18.3. The Morgan fingerprint density at radius 3 is 2.60 bits per heavy atom. The highest BCUT2D eigenvalue weighted by atomic mass is 16.4. The molecule has 0 aliphatic heterocycles. The highest BCUT2D eigenvalue weighted by molar-refractivity contribution is 5.86. The summed E-state index contributed by atoms with van der Waals surface area (Å²) < 4.78 is 1.41. The Labute approximate surface area is 145 Å². The first-order chi connectivity index (χ1) is 12.0. The number of aliphatic carboxylic acids is 1. The van der Waals surface area contributed by atoms with Gasteiger partial charge in [-0.1, -0.05) is 42.5 Å². The van der Waals surface area contributed by atoms with Crippen molar-refractivity contribution in [2.75, 3.05) is 0 Å². The minimum Gasteiger partial charge on any atom is -0.480 e. The number of hydrogen-bond donors (Lipinski definition) is 2. The second kappa shape index (κ2) is 8.72. The summed E-state index contributed by atoms with van der Waals surface area (Å²) in [6, 6.07) is 7.70. The quantitative estimate of drug-likeness (QED) is 0.699. The van der Waals surface area contributed by atoms with Crippen molar-refractivity contribution in [3.05, 3.63) is 53.9 Å². The van der Waals surface area contributed by atoms with Crippen LogP contribution in [0.5, 0.6) is 0 Å². The molecule has 1 aromatic heterocycles. The fraction of sp³-hybridized carbons (Fsp3) is 0.353. The molecule has 2 aromatic rings. The molecule has 8 heteroatoms. The van der Waals surface area contributed by atoms with E-state index in [4.69, 9.17) is 0 Å². The van der Waals surface area contributed by atoms with Crippen molar-refractivity contribution in [2.45, 2.75) is 38.8 Å². The fourth-order valence-corrected chi connectivity index (χ4v) is 2.42. The summed E-state index contributed by atoms with van der Waals surface area (Å²) in [4.78, 5) is 24.1. The molecular weight excluding hydrogens is 322 g/mol. The van der Waals surface area contributed by atoms with Crippen LogP contribution in [0.2, 0.25) is 0 Å². The number of nitrogens with one attached hydrogen (secondary N) is 1. The van der Waals surface area contributed by atoms with Gasteiger partial charge in [-0.05, 0) is 36.3 Å². The van der Waals surface area contributed by atoms with E-state index in [9.17, 15) is 14.7 Å². The normalized spacial score (nSPS) is 13.5. The van der Waals surface area contributed by atoms with Gasteiger partial charge >= 0.3 is 5.97 Å². The molecule has 0 bridgehead atoms. The molecule has 1 heterocycles. The van der Waals surface area contributed by atoms with Gasteiger partial charge < -0.3 is 10.4 Å². The third-order valence-corrected chi connectivity index (χ3v) is 3.75. The van der Waals surface area contributed by atoms with Crippen molar-refractivity contribution in [2.24, 2.45) is 0 Å². The maximum atomic E-state index is 12.8. The Kier molecular flexibility index (Phi) is 6.39. The van der Waals surface area contributed by atoms with Gasteiger partial charge in [-0.2, -0.15) is 0 Å². The van der Waals surface area contributed by atoms with E-state index in [-0.39, 0.29) is 6.42 Å². The Morgan fingerprint density at radius 2 is 2.04 bits per heavy atom. The van der Waals surface area contributed by atoms with Gasteiger partial charge in [0, 0.05) is 6.42 Å². The molecule has 0 radical (unpaired) electrons. The van der Waals surface area contributed by atoms with E-state index in [0.29, 0.717) is 12.2 Å². The third-order valence-electron chi connectivity index (χ3n) is 3.75. The topological polar surface area (TPSA) is 110 Å². The van der Waals surface area contributed by atoms with Crippen molar-refractivity contribution in [3.8, 4) is 0 Å². The van der Waals surface area contributed by atoms with Crippen LogP contribution in [0.1, 0.15) is 30.8 Å². The number of rotatable bonds is 8. The summed E-state index contributed by atoms with van der Waals surface area (Å²) in [7, 11) is 0. The molecule has 2 rings (SSSR count). The number of nitrogens with zero attached hydrogens (tertiary/aromatic N) is 4. The minimum atomic E-state index is -1.08. The molecular formula is C17H21N5O3. The van der Waals surface area contributed by atoms with Crippen LogP contribution in [0, 0.1) is 6.92 Å². The number of benzene rings is 1. The molecule has 8 nitrogen and oxygen atoms in total. The van der Waals surface area contributed by atoms with Crippen molar-refractivity contribution in [1.29, 1.82) is 0 Å². The van der Waals surface area contributed by atoms with Gasteiger partial charge in [0.1, 0.15) is 17.9 Å². The van der Waals surface area contributed by atoms with Crippen molar-refractivity contribution < 1.29 is 14.7 Å². The van der Waals surface area contributed by atoms with Crippen LogP contribution in [-0.4, -0.2) is 43.2 Å². The first-order valence-corrected chi connectivity index (χ1v) is 7.95. The zero-order valence-corrected chi connectivity index (χ0v) is 14.2. The number of carbonyl (C=O) groups is 2. The van der Waals surface area contributed by atoms with Gasteiger partial charge in [0.15, 0.2) is 0 Å². The molecule has 1 aromatic carbocycles. The number of carbonyl (C=O) groups excluding carboxylic acids is 1. The van der Waals surface area contributed by atoms with E-state index in [0.717, 1.165) is 5.56 Å². The van der Waals surface area contributed by atoms with Gasteiger partial charge in [0.25, 0.3) is 0 Å². The highest BCUT2D eigenvalue weighted by Gasteiger charge is 2.28. The lowest BCUT2D eigenvalue weighted by molar-refractivity contribution is -0.142. The van der Waals surface area contributed by atoms with E-state index < -0.39 is 24.0 Å².